The molecule has 0 spiro atoms. The monoisotopic (exact) mass is 414 g/mol. The fraction of sp³-hybridized carbons (Fsp3) is 0.120. The topological polar surface area (TPSA) is 60.4 Å². The maximum absolute atomic E-state index is 13.4. The van der Waals surface area contributed by atoms with Gasteiger partial charge in [-0.05, 0) is 42.5 Å². The number of rotatable bonds is 6. The van der Waals surface area contributed by atoms with Crippen molar-refractivity contribution in [2.24, 2.45) is 4.99 Å². The van der Waals surface area contributed by atoms with Gasteiger partial charge in [0.2, 0.25) is 0 Å². The molecule has 0 saturated heterocycles. The van der Waals surface area contributed by atoms with Gasteiger partial charge in [0.05, 0.1) is 27.0 Å². The number of aliphatic imine (C=N–C) groups is 1. The van der Waals surface area contributed by atoms with E-state index in [1.54, 1.807) is 38.4 Å². The van der Waals surface area contributed by atoms with Crippen molar-refractivity contribution < 1.29 is 19.0 Å². The predicted octanol–water partition coefficient (Wildman–Crippen LogP) is 4.55. The van der Waals surface area contributed by atoms with E-state index >= 15 is 0 Å². The van der Waals surface area contributed by atoms with Crippen LogP contribution in [0.5, 0.6) is 17.2 Å². The first kappa shape index (κ1) is 20.2. The Morgan fingerprint density at radius 2 is 1.45 bits per heavy atom. The van der Waals surface area contributed by atoms with Crippen LogP contribution in [0.4, 0.5) is 5.69 Å². The molecule has 31 heavy (non-hydrogen) atoms. The SMILES string of the molecule is COc1ccccc1/C=C1\N=C(c2ccc(OC)c(OC)c2)N(c2ccccc2)C1=O. The Morgan fingerprint density at radius 3 is 2.16 bits per heavy atom. The highest BCUT2D eigenvalue weighted by Crippen LogP contribution is 2.33. The minimum Gasteiger partial charge on any atom is -0.496 e. The Labute approximate surface area is 181 Å². The van der Waals surface area contributed by atoms with Crippen LogP contribution >= 0.6 is 0 Å². The number of carbonyl (C=O) groups is 1. The number of hydrogen-bond donors (Lipinski definition) is 0. The molecule has 0 unspecified atom stereocenters. The lowest BCUT2D eigenvalue weighted by Gasteiger charge is -2.19. The van der Waals surface area contributed by atoms with Gasteiger partial charge in [-0.1, -0.05) is 36.4 Å². The molecule has 1 aliphatic rings. The maximum atomic E-state index is 13.4. The molecule has 0 fully saturated rings. The van der Waals surface area contributed by atoms with E-state index < -0.39 is 0 Å². The van der Waals surface area contributed by atoms with E-state index in [9.17, 15) is 4.79 Å². The van der Waals surface area contributed by atoms with Gasteiger partial charge in [-0.15, -0.1) is 0 Å². The number of methoxy groups -OCH3 is 3. The van der Waals surface area contributed by atoms with Crippen LogP contribution in [0.2, 0.25) is 0 Å². The van der Waals surface area contributed by atoms with Crippen LogP contribution in [0.3, 0.4) is 0 Å². The van der Waals surface area contributed by atoms with Gasteiger partial charge in [-0.3, -0.25) is 9.69 Å². The molecule has 6 nitrogen and oxygen atoms in total. The summed E-state index contributed by atoms with van der Waals surface area (Å²) in [6, 6.07) is 22.4. The van der Waals surface area contributed by atoms with E-state index in [2.05, 4.69) is 0 Å². The summed E-state index contributed by atoms with van der Waals surface area (Å²) in [5, 5.41) is 0. The van der Waals surface area contributed by atoms with Crippen molar-refractivity contribution in [3.63, 3.8) is 0 Å². The first-order chi connectivity index (χ1) is 15.2. The van der Waals surface area contributed by atoms with Crippen molar-refractivity contribution in [3.05, 3.63) is 89.6 Å². The Hall–Kier alpha value is -4.06. The number of anilines is 1. The minimum atomic E-state index is -0.220. The molecule has 3 aromatic rings. The molecule has 1 aliphatic heterocycles. The molecule has 1 heterocycles. The Morgan fingerprint density at radius 1 is 0.774 bits per heavy atom. The molecular formula is C25H22N2O4. The Balaban J connectivity index is 1.86. The van der Waals surface area contributed by atoms with Crippen LogP contribution in [0.25, 0.3) is 6.08 Å². The lowest BCUT2D eigenvalue weighted by molar-refractivity contribution is -0.113. The van der Waals surface area contributed by atoms with Crippen LogP contribution in [-0.2, 0) is 4.79 Å². The average Bonchev–Trinajstić information content (AvgIpc) is 3.15. The number of para-hydroxylation sites is 2. The van der Waals surface area contributed by atoms with Crippen molar-refractivity contribution in [1.29, 1.82) is 0 Å². The highest BCUT2D eigenvalue weighted by Gasteiger charge is 2.33. The number of hydrogen-bond acceptors (Lipinski definition) is 5. The van der Waals surface area contributed by atoms with E-state index in [0.29, 0.717) is 28.8 Å². The predicted molar refractivity (Wildman–Crippen MR) is 121 cm³/mol. The van der Waals surface area contributed by atoms with Gasteiger partial charge in [-0.25, -0.2) is 4.99 Å². The molecule has 1 amide bonds. The zero-order chi connectivity index (χ0) is 21.8. The van der Waals surface area contributed by atoms with E-state index in [1.165, 1.54) is 0 Å². The van der Waals surface area contributed by atoms with Crippen molar-refractivity contribution in [2.45, 2.75) is 0 Å². The highest BCUT2D eigenvalue weighted by molar-refractivity contribution is 6.33. The van der Waals surface area contributed by atoms with Crippen molar-refractivity contribution in [3.8, 4) is 17.2 Å². The third kappa shape index (κ3) is 3.88. The van der Waals surface area contributed by atoms with Gasteiger partial charge in [-0.2, -0.15) is 0 Å². The average molecular weight is 414 g/mol. The Kier molecular flexibility index (Phi) is 5.71. The van der Waals surface area contributed by atoms with Gasteiger partial charge in [0.15, 0.2) is 11.5 Å². The molecule has 0 aliphatic carbocycles. The lowest BCUT2D eigenvalue weighted by atomic mass is 10.1. The highest BCUT2D eigenvalue weighted by atomic mass is 16.5. The molecule has 4 rings (SSSR count). The van der Waals surface area contributed by atoms with E-state index in [4.69, 9.17) is 19.2 Å². The summed E-state index contributed by atoms with van der Waals surface area (Å²) in [4.78, 5) is 19.7. The molecule has 0 atom stereocenters. The molecular weight excluding hydrogens is 392 g/mol. The fourth-order valence-corrected chi connectivity index (χ4v) is 3.44. The molecule has 0 aromatic heterocycles. The van der Waals surface area contributed by atoms with Gasteiger partial charge in [0, 0.05) is 11.1 Å². The summed E-state index contributed by atoms with van der Waals surface area (Å²) in [6.45, 7) is 0. The smallest absolute Gasteiger partial charge is 0.282 e. The molecule has 0 bridgehead atoms. The van der Waals surface area contributed by atoms with Crippen molar-refractivity contribution >= 4 is 23.5 Å². The summed E-state index contributed by atoms with van der Waals surface area (Å²) in [7, 11) is 4.76. The van der Waals surface area contributed by atoms with Crippen molar-refractivity contribution in [1.82, 2.24) is 0 Å². The summed E-state index contributed by atoms with van der Waals surface area (Å²) in [5.74, 6) is 2.13. The lowest BCUT2D eigenvalue weighted by Crippen LogP contribution is -2.32. The van der Waals surface area contributed by atoms with Gasteiger partial charge >= 0.3 is 0 Å². The van der Waals surface area contributed by atoms with E-state index in [-0.39, 0.29) is 5.91 Å². The molecule has 0 radical (unpaired) electrons. The molecule has 0 saturated carbocycles. The van der Waals surface area contributed by atoms with Gasteiger partial charge in [0.1, 0.15) is 17.3 Å². The second kappa shape index (κ2) is 8.75. The van der Waals surface area contributed by atoms with Gasteiger partial charge < -0.3 is 14.2 Å². The zero-order valence-electron chi connectivity index (χ0n) is 17.5. The van der Waals surface area contributed by atoms with Crippen LogP contribution in [0, 0.1) is 0 Å². The van der Waals surface area contributed by atoms with Crippen LogP contribution in [-0.4, -0.2) is 33.1 Å². The summed E-state index contributed by atoms with van der Waals surface area (Å²) >= 11 is 0. The first-order valence-electron chi connectivity index (χ1n) is 9.71. The fourth-order valence-electron chi connectivity index (χ4n) is 3.44. The molecule has 6 heteroatoms. The zero-order valence-corrected chi connectivity index (χ0v) is 17.5. The van der Waals surface area contributed by atoms with E-state index in [0.717, 1.165) is 16.8 Å². The Bertz CT molecular complexity index is 1170. The number of ether oxygens (including phenoxy) is 3. The van der Waals surface area contributed by atoms with E-state index in [1.807, 2.05) is 66.7 Å². The van der Waals surface area contributed by atoms with Crippen LogP contribution in [0.1, 0.15) is 11.1 Å². The number of carbonyl (C=O) groups excluding carboxylic acids is 1. The molecule has 3 aromatic carbocycles. The van der Waals surface area contributed by atoms with Crippen LogP contribution < -0.4 is 19.1 Å². The number of benzene rings is 3. The summed E-state index contributed by atoms with van der Waals surface area (Å²) in [5.41, 5.74) is 2.56. The maximum Gasteiger partial charge on any atom is 0.282 e. The molecule has 156 valence electrons. The minimum absolute atomic E-state index is 0.220. The van der Waals surface area contributed by atoms with Gasteiger partial charge in [0.25, 0.3) is 5.91 Å². The third-order valence-corrected chi connectivity index (χ3v) is 4.95. The summed E-state index contributed by atoms with van der Waals surface area (Å²) in [6.07, 6.45) is 1.74. The number of amides is 1. The second-order valence-electron chi connectivity index (χ2n) is 6.75. The number of amidine groups is 1. The van der Waals surface area contributed by atoms with Crippen LogP contribution in [0.15, 0.2) is 83.5 Å². The second-order valence-corrected chi connectivity index (χ2v) is 6.75. The standard InChI is InChI=1S/C25H22N2O4/c1-29-21-12-8-7-9-17(21)15-20-25(28)27(19-10-5-4-6-11-19)24(26-20)18-13-14-22(30-2)23(16-18)31-3/h4-16H,1-3H3/b20-15-. The normalized spacial score (nSPS) is 14.5. The number of nitrogens with zero attached hydrogens (tertiary/aromatic N) is 2. The quantitative estimate of drug-likeness (QED) is 0.556. The largest absolute Gasteiger partial charge is 0.496 e. The van der Waals surface area contributed by atoms with Crippen molar-refractivity contribution in [2.75, 3.05) is 26.2 Å². The molecule has 0 N–H and O–H groups in total. The summed E-state index contributed by atoms with van der Waals surface area (Å²) < 4.78 is 16.2. The first-order valence-corrected chi connectivity index (χ1v) is 9.71. The third-order valence-electron chi connectivity index (χ3n) is 4.95.